The van der Waals surface area contributed by atoms with E-state index < -0.39 is 0 Å². The largest absolute Gasteiger partial charge is 0.508 e. The number of rotatable bonds is 7. The highest BCUT2D eigenvalue weighted by molar-refractivity contribution is 6.04. The Hall–Kier alpha value is -3.35. The summed E-state index contributed by atoms with van der Waals surface area (Å²) >= 11 is 0. The molecular formula is C21H22N2O5. The Bertz CT molecular complexity index is 892. The number of amides is 2. The van der Waals surface area contributed by atoms with Crippen molar-refractivity contribution in [3.63, 3.8) is 0 Å². The van der Waals surface area contributed by atoms with Gasteiger partial charge in [-0.3, -0.25) is 19.3 Å². The van der Waals surface area contributed by atoms with Gasteiger partial charge in [0.05, 0.1) is 5.69 Å². The first-order valence-electron chi connectivity index (χ1n) is 9.13. The fourth-order valence-corrected chi connectivity index (χ4v) is 2.96. The number of benzene rings is 2. The van der Waals surface area contributed by atoms with Crippen LogP contribution in [-0.2, 0) is 16.0 Å². The lowest BCUT2D eigenvalue weighted by atomic mass is 10.1. The summed E-state index contributed by atoms with van der Waals surface area (Å²) in [6, 6.07) is 11.7. The van der Waals surface area contributed by atoms with Gasteiger partial charge in [0.1, 0.15) is 18.0 Å². The SMILES string of the molecule is CCC(=O)c1ccc2c(c1)N(CC(=O)NCCc1ccc(O)cc1)C(=O)CO2. The van der Waals surface area contributed by atoms with Crippen LogP contribution in [0.5, 0.6) is 11.5 Å². The molecule has 1 heterocycles. The molecule has 2 aromatic rings. The standard InChI is InChI=1S/C21H22N2O5/c1-2-18(25)15-5-8-19-17(11-15)23(21(27)13-28-19)12-20(26)22-10-9-14-3-6-16(24)7-4-14/h3-8,11,24H,2,9-10,12-13H2,1H3,(H,22,26). The molecule has 0 spiro atoms. The molecule has 0 fully saturated rings. The topological polar surface area (TPSA) is 95.9 Å². The molecule has 2 N–H and O–H groups in total. The van der Waals surface area contributed by atoms with Crippen LogP contribution >= 0.6 is 0 Å². The van der Waals surface area contributed by atoms with E-state index in [9.17, 15) is 19.5 Å². The summed E-state index contributed by atoms with van der Waals surface area (Å²) in [5, 5.41) is 12.1. The van der Waals surface area contributed by atoms with Gasteiger partial charge in [-0.1, -0.05) is 19.1 Å². The molecule has 0 saturated heterocycles. The van der Waals surface area contributed by atoms with Crippen LogP contribution in [0.4, 0.5) is 5.69 Å². The van der Waals surface area contributed by atoms with E-state index in [0.717, 1.165) is 5.56 Å². The number of nitrogens with one attached hydrogen (secondary N) is 1. The molecule has 0 atom stereocenters. The van der Waals surface area contributed by atoms with Crippen molar-refractivity contribution in [2.75, 3.05) is 24.6 Å². The number of ether oxygens (including phenoxy) is 1. The second-order valence-electron chi connectivity index (χ2n) is 6.49. The number of ketones is 1. The van der Waals surface area contributed by atoms with Crippen molar-refractivity contribution >= 4 is 23.3 Å². The number of fused-ring (bicyclic) bond motifs is 1. The van der Waals surface area contributed by atoms with Crippen molar-refractivity contribution in [1.82, 2.24) is 5.32 Å². The van der Waals surface area contributed by atoms with E-state index in [4.69, 9.17) is 4.74 Å². The van der Waals surface area contributed by atoms with Gasteiger partial charge < -0.3 is 15.2 Å². The fraction of sp³-hybridized carbons (Fsp3) is 0.286. The average Bonchev–Trinajstić information content (AvgIpc) is 2.70. The molecule has 28 heavy (non-hydrogen) atoms. The summed E-state index contributed by atoms with van der Waals surface area (Å²) in [6.07, 6.45) is 0.958. The van der Waals surface area contributed by atoms with Crippen molar-refractivity contribution in [3.05, 3.63) is 53.6 Å². The third-order valence-electron chi connectivity index (χ3n) is 4.52. The minimum absolute atomic E-state index is 0.0425. The lowest BCUT2D eigenvalue weighted by Crippen LogP contribution is -2.45. The van der Waals surface area contributed by atoms with E-state index in [2.05, 4.69) is 5.32 Å². The predicted molar refractivity (Wildman–Crippen MR) is 104 cm³/mol. The number of phenolic OH excluding ortho intramolecular Hbond substituents is 1. The summed E-state index contributed by atoms with van der Waals surface area (Å²) in [4.78, 5) is 37.9. The average molecular weight is 382 g/mol. The Morgan fingerprint density at radius 2 is 1.93 bits per heavy atom. The van der Waals surface area contributed by atoms with Gasteiger partial charge in [-0.2, -0.15) is 0 Å². The zero-order valence-electron chi connectivity index (χ0n) is 15.6. The van der Waals surface area contributed by atoms with E-state index in [1.165, 1.54) is 4.90 Å². The van der Waals surface area contributed by atoms with Crippen molar-refractivity contribution < 1.29 is 24.2 Å². The van der Waals surface area contributed by atoms with Crippen molar-refractivity contribution in [3.8, 4) is 11.5 Å². The summed E-state index contributed by atoms with van der Waals surface area (Å²) in [7, 11) is 0. The molecule has 0 aromatic heterocycles. The number of hydrogen-bond donors (Lipinski definition) is 2. The van der Waals surface area contributed by atoms with Gasteiger partial charge in [-0.25, -0.2) is 0 Å². The van der Waals surface area contributed by atoms with Crippen LogP contribution in [0.3, 0.4) is 0 Å². The Morgan fingerprint density at radius 1 is 1.18 bits per heavy atom. The van der Waals surface area contributed by atoms with Gasteiger partial charge in [-0.15, -0.1) is 0 Å². The monoisotopic (exact) mass is 382 g/mol. The molecule has 0 saturated carbocycles. The molecule has 3 rings (SSSR count). The van der Waals surface area contributed by atoms with Gasteiger partial charge >= 0.3 is 0 Å². The first kappa shape index (κ1) is 19.4. The highest BCUT2D eigenvalue weighted by Crippen LogP contribution is 2.33. The third kappa shape index (κ3) is 4.49. The lowest BCUT2D eigenvalue weighted by Gasteiger charge is -2.29. The number of carbonyl (C=O) groups excluding carboxylic acids is 3. The first-order chi connectivity index (χ1) is 13.5. The number of Topliss-reactive ketones (excluding diaryl/α,β-unsaturated/α-hetero) is 1. The number of phenols is 1. The van der Waals surface area contributed by atoms with E-state index >= 15 is 0 Å². The van der Waals surface area contributed by atoms with Gasteiger partial charge in [0.25, 0.3) is 5.91 Å². The van der Waals surface area contributed by atoms with Crippen molar-refractivity contribution in [1.29, 1.82) is 0 Å². The van der Waals surface area contributed by atoms with Gasteiger partial charge in [0.2, 0.25) is 5.91 Å². The Morgan fingerprint density at radius 3 is 2.64 bits per heavy atom. The second-order valence-corrected chi connectivity index (χ2v) is 6.49. The van der Waals surface area contributed by atoms with Gasteiger partial charge in [-0.05, 0) is 42.3 Å². The van der Waals surface area contributed by atoms with Gasteiger partial charge in [0.15, 0.2) is 12.4 Å². The van der Waals surface area contributed by atoms with Crippen molar-refractivity contribution in [2.24, 2.45) is 0 Å². The molecule has 7 heteroatoms. The van der Waals surface area contributed by atoms with Crippen LogP contribution in [0.2, 0.25) is 0 Å². The molecule has 2 amide bonds. The summed E-state index contributed by atoms with van der Waals surface area (Å²) in [5.74, 6) is -0.00375. The van der Waals surface area contributed by atoms with Crippen LogP contribution in [0.1, 0.15) is 29.3 Å². The first-order valence-corrected chi connectivity index (χ1v) is 9.13. The molecule has 146 valence electrons. The maximum absolute atomic E-state index is 12.3. The van der Waals surface area contributed by atoms with Crippen LogP contribution < -0.4 is 15.0 Å². The number of nitrogens with zero attached hydrogens (tertiary/aromatic N) is 1. The molecule has 0 unspecified atom stereocenters. The fourth-order valence-electron chi connectivity index (χ4n) is 2.96. The minimum atomic E-state index is -0.331. The summed E-state index contributed by atoms with van der Waals surface area (Å²) in [6.45, 7) is 1.88. The highest BCUT2D eigenvalue weighted by Gasteiger charge is 2.28. The molecule has 0 radical (unpaired) electrons. The Labute approximate surface area is 162 Å². The molecular weight excluding hydrogens is 360 g/mol. The Kier molecular flexibility index (Phi) is 5.93. The maximum atomic E-state index is 12.3. The van der Waals surface area contributed by atoms with Crippen LogP contribution in [0.25, 0.3) is 0 Å². The van der Waals surface area contributed by atoms with Crippen LogP contribution in [-0.4, -0.2) is 42.4 Å². The van der Waals surface area contributed by atoms with E-state index in [1.807, 2.05) is 0 Å². The highest BCUT2D eigenvalue weighted by atomic mass is 16.5. The lowest BCUT2D eigenvalue weighted by molar-refractivity contribution is -0.125. The third-order valence-corrected chi connectivity index (χ3v) is 4.52. The number of aromatic hydroxyl groups is 1. The predicted octanol–water partition coefficient (Wildman–Crippen LogP) is 2.07. The van der Waals surface area contributed by atoms with E-state index in [0.29, 0.717) is 36.4 Å². The normalized spacial score (nSPS) is 12.9. The molecule has 1 aliphatic rings. The molecule has 2 aromatic carbocycles. The second kappa shape index (κ2) is 8.56. The van der Waals surface area contributed by atoms with Crippen LogP contribution in [0.15, 0.2) is 42.5 Å². The summed E-state index contributed by atoms with van der Waals surface area (Å²) < 4.78 is 5.41. The van der Waals surface area contributed by atoms with E-state index in [-0.39, 0.29) is 36.5 Å². The quantitative estimate of drug-likeness (QED) is 0.715. The number of carbonyl (C=O) groups is 3. The van der Waals surface area contributed by atoms with Crippen molar-refractivity contribution in [2.45, 2.75) is 19.8 Å². The smallest absolute Gasteiger partial charge is 0.265 e. The Balaban J connectivity index is 1.64. The molecule has 7 nitrogen and oxygen atoms in total. The number of hydrogen-bond acceptors (Lipinski definition) is 5. The van der Waals surface area contributed by atoms with Gasteiger partial charge in [0, 0.05) is 18.5 Å². The molecule has 0 aliphatic carbocycles. The maximum Gasteiger partial charge on any atom is 0.265 e. The van der Waals surface area contributed by atoms with Crippen LogP contribution in [0, 0.1) is 0 Å². The summed E-state index contributed by atoms with van der Waals surface area (Å²) in [5.41, 5.74) is 1.90. The molecule has 0 bridgehead atoms. The zero-order chi connectivity index (χ0) is 20.1. The zero-order valence-corrected chi connectivity index (χ0v) is 15.6. The van der Waals surface area contributed by atoms with E-state index in [1.54, 1.807) is 49.4 Å². The number of anilines is 1. The minimum Gasteiger partial charge on any atom is -0.508 e. The molecule has 1 aliphatic heterocycles.